The summed E-state index contributed by atoms with van der Waals surface area (Å²) in [6, 6.07) is 13.6. The molecule has 0 saturated heterocycles. The van der Waals surface area contributed by atoms with Gasteiger partial charge in [-0.1, -0.05) is 11.6 Å². The predicted molar refractivity (Wildman–Crippen MR) is 97.2 cm³/mol. The number of carbonyl (C=O) groups excluding carboxylic acids is 2. The molecule has 2 rings (SSSR count). The van der Waals surface area contributed by atoms with Gasteiger partial charge in [0.15, 0.2) is 5.78 Å². The maximum atomic E-state index is 12.4. The van der Waals surface area contributed by atoms with Crippen LogP contribution in [0.2, 0.25) is 5.02 Å². The first kappa shape index (κ1) is 19.0. The van der Waals surface area contributed by atoms with Gasteiger partial charge in [0, 0.05) is 16.1 Å². The molecule has 1 unspecified atom stereocenters. The molecule has 25 heavy (non-hydrogen) atoms. The van der Waals surface area contributed by atoms with Crippen LogP contribution in [0.3, 0.4) is 0 Å². The van der Waals surface area contributed by atoms with Crippen molar-refractivity contribution in [2.24, 2.45) is 5.92 Å². The lowest BCUT2D eigenvalue weighted by Crippen LogP contribution is -2.23. The van der Waals surface area contributed by atoms with Crippen molar-refractivity contribution in [3.05, 3.63) is 64.7 Å². The fraction of sp³-hybridized carbons (Fsp3) is 0.300. The Labute approximate surface area is 152 Å². The number of ether oxygens (including phenoxy) is 2. The van der Waals surface area contributed by atoms with Crippen molar-refractivity contribution in [2.45, 2.75) is 26.9 Å². The molecule has 0 radical (unpaired) electrons. The molecule has 4 nitrogen and oxygen atoms in total. The highest BCUT2D eigenvalue weighted by Crippen LogP contribution is 2.18. The van der Waals surface area contributed by atoms with Crippen molar-refractivity contribution in [3.8, 4) is 5.75 Å². The molecular formula is C20H21ClO4. The van der Waals surface area contributed by atoms with Crippen LogP contribution in [0, 0.1) is 5.92 Å². The Morgan fingerprint density at radius 3 is 1.96 bits per heavy atom. The van der Waals surface area contributed by atoms with E-state index in [1.54, 1.807) is 55.5 Å². The Hall–Kier alpha value is -2.33. The van der Waals surface area contributed by atoms with E-state index in [1.165, 1.54) is 0 Å². The molecule has 0 aliphatic rings. The van der Waals surface area contributed by atoms with Crippen molar-refractivity contribution in [2.75, 3.05) is 6.61 Å². The minimum atomic E-state index is -0.363. The Morgan fingerprint density at radius 2 is 1.44 bits per heavy atom. The molecule has 1 atom stereocenters. The van der Waals surface area contributed by atoms with Gasteiger partial charge in [-0.25, -0.2) is 0 Å². The summed E-state index contributed by atoms with van der Waals surface area (Å²) in [6.45, 7) is 5.59. The van der Waals surface area contributed by atoms with Crippen LogP contribution in [0.25, 0.3) is 0 Å². The second-order valence-corrected chi connectivity index (χ2v) is 6.49. The minimum Gasteiger partial charge on any atom is -0.493 e. The number of hydrogen-bond acceptors (Lipinski definition) is 4. The van der Waals surface area contributed by atoms with E-state index < -0.39 is 0 Å². The summed E-state index contributed by atoms with van der Waals surface area (Å²) in [5, 5.41) is 0.588. The van der Waals surface area contributed by atoms with Gasteiger partial charge < -0.3 is 9.47 Å². The van der Waals surface area contributed by atoms with E-state index in [0.29, 0.717) is 21.9 Å². The molecule has 5 heteroatoms. The van der Waals surface area contributed by atoms with Gasteiger partial charge in [0.05, 0.1) is 12.0 Å². The number of hydrogen-bond donors (Lipinski definition) is 0. The quantitative estimate of drug-likeness (QED) is 0.537. The summed E-state index contributed by atoms with van der Waals surface area (Å²) in [6.07, 6.45) is -0.145. The highest BCUT2D eigenvalue weighted by Gasteiger charge is 2.17. The molecule has 2 aromatic rings. The summed E-state index contributed by atoms with van der Waals surface area (Å²) in [5.74, 6) is -0.142. The SMILES string of the molecule is CC(C)OC(=O)C(C)COc1ccc(C(=O)c2ccc(Cl)cc2)cc1. The Bertz CT molecular complexity index is 720. The Kier molecular flexibility index (Phi) is 6.59. The molecule has 0 aliphatic carbocycles. The lowest BCUT2D eigenvalue weighted by atomic mass is 10.0. The van der Waals surface area contributed by atoms with Gasteiger partial charge in [0.2, 0.25) is 0 Å². The first-order valence-corrected chi connectivity index (χ1v) is 8.48. The highest BCUT2D eigenvalue weighted by atomic mass is 35.5. The molecular weight excluding hydrogens is 340 g/mol. The average molecular weight is 361 g/mol. The van der Waals surface area contributed by atoms with Gasteiger partial charge in [-0.3, -0.25) is 9.59 Å². The van der Waals surface area contributed by atoms with Crippen LogP contribution in [0.15, 0.2) is 48.5 Å². The number of benzene rings is 2. The number of rotatable bonds is 7. The molecule has 0 saturated carbocycles. The van der Waals surface area contributed by atoms with E-state index in [-0.39, 0.29) is 30.4 Å². The van der Waals surface area contributed by atoms with E-state index in [4.69, 9.17) is 21.1 Å². The third kappa shape index (κ3) is 5.61. The van der Waals surface area contributed by atoms with Gasteiger partial charge in [0.25, 0.3) is 0 Å². The number of ketones is 1. The van der Waals surface area contributed by atoms with Crippen molar-refractivity contribution in [1.29, 1.82) is 0 Å². The second-order valence-electron chi connectivity index (χ2n) is 6.06. The fourth-order valence-corrected chi connectivity index (χ4v) is 2.23. The highest BCUT2D eigenvalue weighted by molar-refractivity contribution is 6.30. The number of halogens is 1. The zero-order valence-electron chi connectivity index (χ0n) is 14.5. The van der Waals surface area contributed by atoms with Crippen molar-refractivity contribution in [1.82, 2.24) is 0 Å². The van der Waals surface area contributed by atoms with Crippen LogP contribution in [-0.4, -0.2) is 24.5 Å². The van der Waals surface area contributed by atoms with E-state index in [2.05, 4.69) is 0 Å². The number of esters is 1. The standard InChI is InChI=1S/C20H21ClO4/c1-13(2)25-20(23)14(3)12-24-18-10-6-16(7-11-18)19(22)15-4-8-17(21)9-5-15/h4-11,13-14H,12H2,1-3H3. The summed E-state index contributed by atoms with van der Waals surface area (Å²) in [7, 11) is 0. The fourth-order valence-electron chi connectivity index (χ4n) is 2.11. The average Bonchev–Trinajstić information content (AvgIpc) is 2.59. The van der Waals surface area contributed by atoms with Crippen LogP contribution in [0.5, 0.6) is 5.75 Å². The maximum Gasteiger partial charge on any atom is 0.312 e. The normalized spacial score (nSPS) is 11.9. The zero-order chi connectivity index (χ0) is 18.4. The molecule has 2 aromatic carbocycles. The summed E-state index contributed by atoms with van der Waals surface area (Å²) in [4.78, 5) is 24.1. The first-order valence-electron chi connectivity index (χ1n) is 8.10. The van der Waals surface area contributed by atoms with E-state index in [1.807, 2.05) is 13.8 Å². The molecule has 0 fully saturated rings. The Morgan fingerprint density at radius 1 is 0.920 bits per heavy atom. The van der Waals surface area contributed by atoms with Crippen molar-refractivity contribution < 1.29 is 19.1 Å². The molecule has 0 amide bonds. The summed E-state index contributed by atoms with van der Waals surface area (Å²) in [5.41, 5.74) is 1.13. The van der Waals surface area contributed by atoms with Crippen LogP contribution in [-0.2, 0) is 9.53 Å². The van der Waals surface area contributed by atoms with E-state index in [9.17, 15) is 9.59 Å². The summed E-state index contributed by atoms with van der Waals surface area (Å²) < 4.78 is 10.7. The third-order valence-electron chi connectivity index (χ3n) is 3.48. The Balaban J connectivity index is 1.94. The zero-order valence-corrected chi connectivity index (χ0v) is 15.2. The van der Waals surface area contributed by atoms with Crippen LogP contribution < -0.4 is 4.74 Å². The third-order valence-corrected chi connectivity index (χ3v) is 3.73. The lowest BCUT2D eigenvalue weighted by molar-refractivity contribution is -0.152. The first-order chi connectivity index (χ1) is 11.9. The van der Waals surface area contributed by atoms with Crippen LogP contribution >= 0.6 is 11.6 Å². The van der Waals surface area contributed by atoms with Gasteiger partial charge in [0.1, 0.15) is 12.4 Å². The molecule has 0 aromatic heterocycles. The van der Waals surface area contributed by atoms with E-state index >= 15 is 0 Å². The molecule has 0 heterocycles. The van der Waals surface area contributed by atoms with Crippen LogP contribution in [0.1, 0.15) is 36.7 Å². The molecule has 0 spiro atoms. The monoisotopic (exact) mass is 360 g/mol. The minimum absolute atomic E-state index is 0.0860. The molecule has 132 valence electrons. The van der Waals surface area contributed by atoms with Gasteiger partial charge in [-0.05, 0) is 69.3 Å². The predicted octanol–water partition coefficient (Wildman–Crippen LogP) is 4.54. The van der Waals surface area contributed by atoms with E-state index in [0.717, 1.165) is 0 Å². The van der Waals surface area contributed by atoms with Crippen LogP contribution in [0.4, 0.5) is 0 Å². The van der Waals surface area contributed by atoms with Gasteiger partial charge >= 0.3 is 5.97 Å². The lowest BCUT2D eigenvalue weighted by Gasteiger charge is -2.14. The largest absolute Gasteiger partial charge is 0.493 e. The van der Waals surface area contributed by atoms with Gasteiger partial charge in [-0.2, -0.15) is 0 Å². The number of carbonyl (C=O) groups is 2. The molecule has 0 aliphatic heterocycles. The topological polar surface area (TPSA) is 52.6 Å². The smallest absolute Gasteiger partial charge is 0.312 e. The maximum absolute atomic E-state index is 12.4. The molecule has 0 bridgehead atoms. The molecule has 0 N–H and O–H groups in total. The van der Waals surface area contributed by atoms with Gasteiger partial charge in [-0.15, -0.1) is 0 Å². The van der Waals surface area contributed by atoms with Crippen molar-refractivity contribution >= 4 is 23.4 Å². The summed E-state index contributed by atoms with van der Waals surface area (Å²) >= 11 is 5.83. The van der Waals surface area contributed by atoms with Crippen molar-refractivity contribution in [3.63, 3.8) is 0 Å². The second kappa shape index (κ2) is 8.67.